The number of halogens is 1. The van der Waals surface area contributed by atoms with Crippen LogP contribution in [-0.2, 0) is 49.3 Å². The molecule has 292 valence electrons. The summed E-state index contributed by atoms with van der Waals surface area (Å²) in [6.07, 6.45) is -8.99. The molecular weight excluding hydrogens is 720 g/mol. The highest BCUT2D eigenvalue weighted by molar-refractivity contribution is 6.17. The molecule has 2 aliphatic heterocycles. The molecule has 2 amide bonds. The van der Waals surface area contributed by atoms with Gasteiger partial charge in [0.2, 0.25) is 12.1 Å². The van der Waals surface area contributed by atoms with E-state index >= 15 is 0 Å². The van der Waals surface area contributed by atoms with E-state index in [0.29, 0.717) is 17.9 Å². The lowest BCUT2D eigenvalue weighted by molar-refractivity contribution is -0.486. The second-order valence-corrected chi connectivity index (χ2v) is 14.7. The Balaban J connectivity index is 1.30. The number of fused-ring (bicyclic) bond motifs is 2. The standard InChI is InChI=1S/C40H49ClN2O11/c1-4-30-32(44)31(42(3)37(46)50-22-28-11-7-5-8-12-28)34-35(33(30)45)53-36-40(49,54-34)39(48,19-25(2)52-36)24-43(21-27-17-15-26(20-41)16-18-27)38(47)51-23-29-13-9-6-10-14-29/h5-18,25,30-36,44-45,48-49H,4,19-24H2,1-3H3/t25-,30-,31+,32+,33+,34-,35-,36+,39-,40-/m1/s1. The van der Waals surface area contributed by atoms with E-state index in [0.717, 1.165) is 21.6 Å². The Labute approximate surface area is 319 Å². The Morgan fingerprint density at radius 3 is 1.96 bits per heavy atom. The summed E-state index contributed by atoms with van der Waals surface area (Å²) >= 11 is 6.00. The van der Waals surface area contributed by atoms with E-state index in [1.54, 1.807) is 38.1 Å². The van der Waals surface area contributed by atoms with Gasteiger partial charge in [-0.05, 0) is 35.6 Å². The number of hydrogen-bond donors (Lipinski definition) is 4. The number of nitrogens with zero attached hydrogens (tertiary/aromatic N) is 2. The van der Waals surface area contributed by atoms with Crippen LogP contribution in [0.4, 0.5) is 9.59 Å². The SMILES string of the molecule is CC[C@H]1[C@H](O)[C@H]2O[C@@H]3O[C@H](C)C[C@@](O)(CN(Cc4ccc(CCl)cc4)C(=O)OCc4ccccc4)[C@]3(O)O[C@@H]2[C@@H](N(C)C(=O)OCc2ccccc2)[C@H]1O. The summed E-state index contributed by atoms with van der Waals surface area (Å²) in [5.41, 5.74) is 0.824. The normalized spacial score (nSPS) is 31.8. The van der Waals surface area contributed by atoms with Crippen molar-refractivity contribution in [3.05, 3.63) is 107 Å². The van der Waals surface area contributed by atoms with Gasteiger partial charge in [0.25, 0.3) is 0 Å². The number of hydrogen-bond acceptors (Lipinski definition) is 11. The minimum atomic E-state index is -2.66. The van der Waals surface area contributed by atoms with Crippen LogP contribution in [0.15, 0.2) is 84.9 Å². The largest absolute Gasteiger partial charge is 0.445 e. The maximum atomic E-state index is 13.8. The molecule has 13 nitrogen and oxygen atoms in total. The number of aliphatic hydroxyl groups is 4. The molecule has 2 saturated heterocycles. The molecule has 0 aromatic heterocycles. The molecule has 14 heteroatoms. The van der Waals surface area contributed by atoms with Gasteiger partial charge < -0.3 is 53.9 Å². The van der Waals surface area contributed by atoms with Gasteiger partial charge in [0.05, 0.1) is 30.9 Å². The van der Waals surface area contributed by atoms with Crippen molar-refractivity contribution in [1.82, 2.24) is 9.80 Å². The monoisotopic (exact) mass is 768 g/mol. The van der Waals surface area contributed by atoms with Gasteiger partial charge in [-0.15, -0.1) is 11.6 Å². The number of amides is 2. The predicted octanol–water partition coefficient (Wildman–Crippen LogP) is 4.30. The van der Waals surface area contributed by atoms with Gasteiger partial charge in [-0.25, -0.2) is 9.59 Å². The van der Waals surface area contributed by atoms with Crippen LogP contribution in [-0.4, -0.2) is 110 Å². The fourth-order valence-electron chi connectivity index (χ4n) is 7.73. The Bertz CT molecular complexity index is 1700. The third-order valence-corrected chi connectivity index (χ3v) is 11.0. The van der Waals surface area contributed by atoms with Gasteiger partial charge in [0.15, 0.2) is 0 Å². The lowest BCUT2D eigenvalue weighted by Gasteiger charge is -2.61. The third kappa shape index (κ3) is 8.24. The molecule has 0 spiro atoms. The van der Waals surface area contributed by atoms with Crippen molar-refractivity contribution >= 4 is 23.8 Å². The second kappa shape index (κ2) is 16.9. The van der Waals surface area contributed by atoms with Crippen LogP contribution in [0, 0.1) is 5.92 Å². The molecule has 0 radical (unpaired) electrons. The summed E-state index contributed by atoms with van der Waals surface area (Å²) in [6, 6.07) is 24.3. The van der Waals surface area contributed by atoms with Crippen molar-refractivity contribution < 1.29 is 53.7 Å². The van der Waals surface area contributed by atoms with E-state index in [4.69, 9.17) is 35.3 Å². The second-order valence-electron chi connectivity index (χ2n) is 14.4. The summed E-state index contributed by atoms with van der Waals surface area (Å²) in [5, 5.41) is 48.3. The average molecular weight is 769 g/mol. The van der Waals surface area contributed by atoms with Crippen LogP contribution in [0.2, 0.25) is 0 Å². The van der Waals surface area contributed by atoms with E-state index in [9.17, 15) is 30.0 Å². The maximum Gasteiger partial charge on any atom is 0.410 e. The van der Waals surface area contributed by atoms with Crippen LogP contribution < -0.4 is 0 Å². The molecule has 0 unspecified atom stereocenters. The zero-order chi connectivity index (χ0) is 38.6. The van der Waals surface area contributed by atoms with Crippen LogP contribution in [0.25, 0.3) is 0 Å². The van der Waals surface area contributed by atoms with Crippen molar-refractivity contribution in [2.75, 3.05) is 13.6 Å². The molecule has 4 N–H and O–H groups in total. The fraction of sp³-hybridized carbons (Fsp3) is 0.500. The molecule has 3 fully saturated rings. The molecule has 0 bridgehead atoms. The number of rotatable bonds is 11. The lowest BCUT2D eigenvalue weighted by Crippen LogP contribution is -2.80. The Kier molecular flexibility index (Phi) is 12.5. The maximum absolute atomic E-state index is 13.8. The summed E-state index contributed by atoms with van der Waals surface area (Å²) in [5.74, 6) is -3.11. The third-order valence-electron chi connectivity index (χ3n) is 10.7. The molecule has 3 aliphatic rings. The van der Waals surface area contributed by atoms with Crippen molar-refractivity contribution in [3.8, 4) is 0 Å². The van der Waals surface area contributed by atoms with Gasteiger partial charge in [-0.2, -0.15) is 0 Å². The summed E-state index contributed by atoms with van der Waals surface area (Å²) in [6.45, 7) is 2.86. The number of carbonyl (C=O) groups is 2. The Hall–Kier alpha value is -3.79. The van der Waals surface area contributed by atoms with Crippen LogP contribution in [0.5, 0.6) is 0 Å². The highest BCUT2D eigenvalue weighted by Gasteiger charge is 2.69. The van der Waals surface area contributed by atoms with Crippen molar-refractivity contribution in [2.45, 2.75) is 107 Å². The van der Waals surface area contributed by atoms with Crippen molar-refractivity contribution in [2.24, 2.45) is 5.92 Å². The zero-order valence-electron chi connectivity index (χ0n) is 30.6. The van der Waals surface area contributed by atoms with E-state index in [-0.39, 0.29) is 26.2 Å². The zero-order valence-corrected chi connectivity index (χ0v) is 31.3. The number of aliphatic hydroxyl groups excluding tert-OH is 2. The first-order valence-electron chi connectivity index (χ1n) is 18.2. The van der Waals surface area contributed by atoms with Crippen LogP contribution >= 0.6 is 11.6 Å². The molecule has 1 saturated carbocycles. The van der Waals surface area contributed by atoms with Gasteiger partial charge in [-0.3, -0.25) is 0 Å². The Morgan fingerprint density at radius 2 is 1.39 bits per heavy atom. The summed E-state index contributed by atoms with van der Waals surface area (Å²) in [4.78, 5) is 29.7. The number of benzene rings is 3. The topological polar surface area (TPSA) is 168 Å². The molecule has 2 heterocycles. The van der Waals surface area contributed by atoms with Crippen LogP contribution in [0.1, 0.15) is 48.9 Å². The van der Waals surface area contributed by atoms with E-state index in [1.807, 2.05) is 60.7 Å². The van der Waals surface area contributed by atoms with Gasteiger partial charge >= 0.3 is 12.2 Å². The first-order chi connectivity index (χ1) is 25.9. The molecule has 10 atom stereocenters. The first kappa shape index (κ1) is 39.9. The number of alkyl halides is 1. The Morgan fingerprint density at radius 1 is 0.815 bits per heavy atom. The average Bonchev–Trinajstić information content (AvgIpc) is 3.17. The number of ether oxygens (including phenoxy) is 5. The molecule has 1 aliphatic carbocycles. The first-order valence-corrected chi connectivity index (χ1v) is 18.7. The molecule has 3 aromatic carbocycles. The molecule has 6 rings (SSSR count). The highest BCUT2D eigenvalue weighted by Crippen LogP contribution is 2.48. The molecule has 54 heavy (non-hydrogen) atoms. The van der Waals surface area contributed by atoms with E-state index in [2.05, 4.69) is 0 Å². The predicted molar refractivity (Wildman–Crippen MR) is 196 cm³/mol. The van der Waals surface area contributed by atoms with Crippen LogP contribution in [0.3, 0.4) is 0 Å². The van der Waals surface area contributed by atoms with Gasteiger partial charge in [0, 0.05) is 31.8 Å². The molecular formula is C40H49ClN2O11. The smallest absolute Gasteiger partial charge is 0.410 e. The number of likely N-dealkylation sites (N-methyl/N-ethyl adjacent to an activating group) is 1. The highest BCUT2D eigenvalue weighted by atomic mass is 35.5. The quantitative estimate of drug-likeness (QED) is 0.206. The molecule has 3 aromatic rings. The fourth-order valence-corrected chi connectivity index (χ4v) is 7.91. The minimum Gasteiger partial charge on any atom is -0.445 e. The minimum absolute atomic E-state index is 0.0182. The summed E-state index contributed by atoms with van der Waals surface area (Å²) in [7, 11) is 1.42. The van der Waals surface area contributed by atoms with E-state index < -0.39 is 78.9 Å². The lowest BCUT2D eigenvalue weighted by atomic mass is 9.73. The van der Waals surface area contributed by atoms with Crippen molar-refractivity contribution in [3.63, 3.8) is 0 Å². The van der Waals surface area contributed by atoms with E-state index in [1.165, 1.54) is 11.9 Å². The van der Waals surface area contributed by atoms with Gasteiger partial charge in [-0.1, -0.05) is 91.9 Å². The number of carbonyl (C=O) groups excluding carboxylic acids is 2. The summed E-state index contributed by atoms with van der Waals surface area (Å²) < 4.78 is 30.0. The van der Waals surface area contributed by atoms with Gasteiger partial charge in [0.1, 0.15) is 31.0 Å². The van der Waals surface area contributed by atoms with Crippen molar-refractivity contribution in [1.29, 1.82) is 0 Å².